The Balaban J connectivity index is 1.40. The van der Waals surface area contributed by atoms with Crippen LogP contribution in [0.1, 0.15) is 39.5 Å². The predicted molar refractivity (Wildman–Crippen MR) is 118 cm³/mol. The van der Waals surface area contributed by atoms with E-state index in [2.05, 4.69) is 15.1 Å². The third kappa shape index (κ3) is 5.19. The number of hydrogen-bond acceptors (Lipinski definition) is 7. The van der Waals surface area contributed by atoms with Gasteiger partial charge in [-0.3, -0.25) is 4.79 Å². The summed E-state index contributed by atoms with van der Waals surface area (Å²) in [6, 6.07) is 9.10. The van der Waals surface area contributed by atoms with Crippen LogP contribution < -0.4 is 9.47 Å². The summed E-state index contributed by atoms with van der Waals surface area (Å²) in [7, 11) is 0. The summed E-state index contributed by atoms with van der Waals surface area (Å²) in [5.74, 6) is 0.858. The van der Waals surface area contributed by atoms with E-state index in [9.17, 15) is 4.79 Å². The number of aromatic nitrogens is 3. The summed E-state index contributed by atoms with van der Waals surface area (Å²) < 4.78 is 16.9. The van der Waals surface area contributed by atoms with E-state index in [1.165, 1.54) is 0 Å². The summed E-state index contributed by atoms with van der Waals surface area (Å²) in [5, 5.41) is 13.5. The van der Waals surface area contributed by atoms with E-state index in [0.717, 1.165) is 24.2 Å². The zero-order chi connectivity index (χ0) is 22.7. The maximum absolute atomic E-state index is 11.1. The van der Waals surface area contributed by atoms with Gasteiger partial charge in [-0.1, -0.05) is 16.8 Å². The van der Waals surface area contributed by atoms with Crippen LogP contribution in [-0.2, 0) is 4.79 Å². The average molecular weight is 458 g/mol. The third-order valence-corrected chi connectivity index (χ3v) is 5.54. The quantitative estimate of drug-likeness (QED) is 0.511. The Hall–Kier alpha value is -3.13. The first-order chi connectivity index (χ1) is 15.4. The Labute approximate surface area is 190 Å². The standard InChI is InChI=1S/C23H24ClN3O5/c1-13(2)30-22-19(24)11-16(12-25-22)21-26-20(27-32-21)14-3-7-17(8-4-14)31-18-9-5-15(6-10-18)23(28)29/h3-4,7-8,11-13,15,18H,5-6,9-10H2,1-2H3,(H,28,29). The minimum Gasteiger partial charge on any atom is -0.490 e. The average Bonchev–Trinajstić information content (AvgIpc) is 3.26. The van der Waals surface area contributed by atoms with Gasteiger partial charge in [0.1, 0.15) is 10.8 Å². The van der Waals surface area contributed by atoms with E-state index in [4.69, 9.17) is 30.7 Å². The van der Waals surface area contributed by atoms with Crippen LogP contribution in [-0.4, -0.2) is 38.4 Å². The van der Waals surface area contributed by atoms with Crippen LogP contribution in [0.2, 0.25) is 5.02 Å². The van der Waals surface area contributed by atoms with Crippen LogP contribution in [0.25, 0.3) is 22.8 Å². The molecule has 3 aromatic rings. The zero-order valence-corrected chi connectivity index (χ0v) is 18.6. The molecule has 0 aliphatic heterocycles. The summed E-state index contributed by atoms with van der Waals surface area (Å²) in [5.41, 5.74) is 1.38. The Morgan fingerprint density at radius 2 is 1.88 bits per heavy atom. The molecule has 1 fully saturated rings. The van der Waals surface area contributed by atoms with Gasteiger partial charge < -0.3 is 19.1 Å². The maximum atomic E-state index is 11.1. The van der Waals surface area contributed by atoms with Gasteiger partial charge in [-0.25, -0.2) is 4.98 Å². The van der Waals surface area contributed by atoms with Crippen molar-refractivity contribution in [2.45, 2.75) is 51.7 Å². The summed E-state index contributed by atoms with van der Waals surface area (Å²) in [6.07, 6.45) is 4.35. The topological polar surface area (TPSA) is 108 Å². The molecule has 0 atom stereocenters. The molecule has 32 heavy (non-hydrogen) atoms. The Morgan fingerprint density at radius 3 is 2.50 bits per heavy atom. The molecule has 8 nitrogen and oxygen atoms in total. The van der Waals surface area contributed by atoms with Gasteiger partial charge in [0.2, 0.25) is 11.7 Å². The van der Waals surface area contributed by atoms with Crippen LogP contribution in [0, 0.1) is 5.92 Å². The third-order valence-electron chi connectivity index (χ3n) is 5.27. The van der Waals surface area contributed by atoms with Crippen molar-refractivity contribution >= 4 is 17.6 Å². The van der Waals surface area contributed by atoms with Crippen molar-refractivity contribution in [1.82, 2.24) is 15.1 Å². The lowest BCUT2D eigenvalue weighted by Crippen LogP contribution is -2.27. The number of rotatable bonds is 7. The molecular weight excluding hydrogens is 434 g/mol. The van der Waals surface area contributed by atoms with Gasteiger partial charge in [0.25, 0.3) is 5.89 Å². The highest BCUT2D eigenvalue weighted by Crippen LogP contribution is 2.31. The minimum atomic E-state index is -0.717. The molecule has 0 bridgehead atoms. The second kappa shape index (κ2) is 9.56. The van der Waals surface area contributed by atoms with Crippen LogP contribution in [0.5, 0.6) is 11.6 Å². The highest BCUT2D eigenvalue weighted by atomic mass is 35.5. The van der Waals surface area contributed by atoms with Crippen LogP contribution in [0.15, 0.2) is 41.1 Å². The van der Waals surface area contributed by atoms with Crippen molar-refractivity contribution in [1.29, 1.82) is 0 Å². The van der Waals surface area contributed by atoms with Crippen molar-refractivity contribution in [2.75, 3.05) is 0 Å². The van der Waals surface area contributed by atoms with Crippen LogP contribution in [0.3, 0.4) is 0 Å². The molecular formula is C23H24ClN3O5. The minimum absolute atomic E-state index is 0.0346. The van der Waals surface area contributed by atoms with Gasteiger partial charge in [-0.2, -0.15) is 4.98 Å². The van der Waals surface area contributed by atoms with E-state index in [1.807, 2.05) is 38.1 Å². The van der Waals surface area contributed by atoms with E-state index in [-0.39, 0.29) is 18.1 Å². The molecule has 0 amide bonds. The van der Waals surface area contributed by atoms with Crippen molar-refractivity contribution in [3.63, 3.8) is 0 Å². The van der Waals surface area contributed by atoms with Gasteiger partial charge in [0.05, 0.1) is 23.7 Å². The molecule has 1 aliphatic rings. The SMILES string of the molecule is CC(C)Oc1ncc(-c2nc(-c3ccc(OC4CCC(C(=O)O)CC4)cc3)no2)cc1Cl. The second-order valence-corrected chi connectivity index (χ2v) is 8.46. The van der Waals surface area contributed by atoms with E-state index in [1.54, 1.807) is 12.3 Å². The number of carbonyl (C=O) groups is 1. The van der Waals surface area contributed by atoms with Gasteiger partial charge in [-0.15, -0.1) is 0 Å². The smallest absolute Gasteiger partial charge is 0.306 e. The van der Waals surface area contributed by atoms with Crippen molar-refractivity contribution < 1.29 is 23.9 Å². The van der Waals surface area contributed by atoms with Gasteiger partial charge in [-0.05, 0) is 69.9 Å². The molecule has 1 aliphatic carbocycles. The lowest BCUT2D eigenvalue weighted by atomic mass is 9.87. The molecule has 2 aromatic heterocycles. The number of carboxylic acids is 1. The largest absolute Gasteiger partial charge is 0.490 e. The molecule has 0 radical (unpaired) electrons. The molecule has 0 spiro atoms. The summed E-state index contributed by atoms with van der Waals surface area (Å²) in [6.45, 7) is 3.80. The molecule has 168 valence electrons. The monoisotopic (exact) mass is 457 g/mol. The molecule has 1 N–H and O–H groups in total. The lowest BCUT2D eigenvalue weighted by Gasteiger charge is -2.26. The fraction of sp³-hybridized carbons (Fsp3) is 0.391. The van der Waals surface area contributed by atoms with Crippen molar-refractivity contribution in [2.24, 2.45) is 5.92 Å². The van der Waals surface area contributed by atoms with Crippen molar-refractivity contribution in [3.05, 3.63) is 41.6 Å². The number of benzene rings is 1. The van der Waals surface area contributed by atoms with E-state index >= 15 is 0 Å². The zero-order valence-electron chi connectivity index (χ0n) is 17.8. The molecule has 0 unspecified atom stereocenters. The molecule has 0 saturated heterocycles. The molecule has 1 saturated carbocycles. The first-order valence-electron chi connectivity index (χ1n) is 10.5. The summed E-state index contributed by atoms with van der Waals surface area (Å²) in [4.78, 5) is 19.7. The highest BCUT2D eigenvalue weighted by Gasteiger charge is 2.27. The number of halogens is 1. The lowest BCUT2D eigenvalue weighted by molar-refractivity contribution is -0.143. The molecule has 1 aromatic carbocycles. The number of hydrogen-bond donors (Lipinski definition) is 1. The maximum Gasteiger partial charge on any atom is 0.306 e. The van der Waals surface area contributed by atoms with E-state index in [0.29, 0.717) is 41.0 Å². The van der Waals surface area contributed by atoms with Gasteiger partial charge >= 0.3 is 5.97 Å². The molecule has 4 rings (SSSR count). The first-order valence-corrected chi connectivity index (χ1v) is 10.9. The molecule has 2 heterocycles. The number of nitrogens with zero attached hydrogens (tertiary/aromatic N) is 3. The number of pyridine rings is 1. The fourth-order valence-electron chi connectivity index (χ4n) is 3.61. The Bertz CT molecular complexity index is 1080. The second-order valence-electron chi connectivity index (χ2n) is 8.05. The predicted octanol–water partition coefficient (Wildman–Crippen LogP) is 5.26. The Morgan fingerprint density at radius 1 is 1.16 bits per heavy atom. The highest BCUT2D eigenvalue weighted by molar-refractivity contribution is 6.32. The van der Waals surface area contributed by atoms with Crippen molar-refractivity contribution in [3.8, 4) is 34.5 Å². The van der Waals surface area contributed by atoms with Gasteiger partial charge in [0.15, 0.2) is 0 Å². The molecule has 9 heteroatoms. The van der Waals surface area contributed by atoms with Crippen LogP contribution >= 0.6 is 11.6 Å². The fourth-order valence-corrected chi connectivity index (χ4v) is 3.82. The summed E-state index contributed by atoms with van der Waals surface area (Å²) >= 11 is 6.25. The number of carboxylic acid groups (broad SMARTS) is 1. The Kier molecular flexibility index (Phi) is 6.60. The van der Waals surface area contributed by atoms with E-state index < -0.39 is 5.97 Å². The first kappa shape index (κ1) is 22.1. The number of ether oxygens (including phenoxy) is 2. The van der Waals surface area contributed by atoms with Crippen LogP contribution in [0.4, 0.5) is 0 Å². The normalized spacial score (nSPS) is 18.5. The van der Waals surface area contributed by atoms with Gasteiger partial charge in [0, 0.05) is 11.8 Å². The number of aliphatic carboxylic acids is 1.